The van der Waals surface area contributed by atoms with E-state index < -0.39 is 100 Å². The largest absolute Gasteiger partial charge is 0.462 e. The highest BCUT2D eigenvalue weighted by molar-refractivity contribution is 6.23. The number of rotatable bonds is 4. The first-order chi connectivity index (χ1) is 19.1. The monoisotopic (exact) mass is 598 g/mol. The molecule has 4 saturated heterocycles. The summed E-state index contributed by atoms with van der Waals surface area (Å²) in [4.78, 5) is 63.7. The van der Waals surface area contributed by atoms with Crippen molar-refractivity contribution in [1.29, 1.82) is 0 Å². The number of fused-ring (bicyclic) bond motifs is 3. The van der Waals surface area contributed by atoms with Crippen molar-refractivity contribution < 1.29 is 57.1 Å². The first-order valence-corrected chi connectivity index (χ1v) is 14.1. The summed E-state index contributed by atoms with van der Waals surface area (Å²) >= 11 is 6.93. The van der Waals surface area contributed by atoms with Gasteiger partial charge in [-0.25, -0.2) is 0 Å². The lowest BCUT2D eigenvalue weighted by Gasteiger charge is -2.62. The Morgan fingerprint density at radius 1 is 0.951 bits per heavy atom. The van der Waals surface area contributed by atoms with Crippen LogP contribution in [0.3, 0.4) is 0 Å². The van der Waals surface area contributed by atoms with Crippen LogP contribution in [0.25, 0.3) is 0 Å². The third kappa shape index (κ3) is 4.36. The van der Waals surface area contributed by atoms with Crippen molar-refractivity contribution >= 4 is 41.4 Å². The topological polar surface area (TPSA) is 153 Å². The Bertz CT molecular complexity index is 1200. The third-order valence-electron chi connectivity index (χ3n) is 9.46. The first kappa shape index (κ1) is 29.8. The van der Waals surface area contributed by atoms with Crippen LogP contribution < -0.4 is 0 Å². The molecule has 13 heteroatoms. The Morgan fingerprint density at radius 3 is 2.05 bits per heavy atom. The number of carbonyl (C=O) groups excluding carboxylic acids is 5. The molecule has 5 fully saturated rings. The number of carbonyl (C=O) groups is 5. The Labute approximate surface area is 242 Å². The molecule has 2 bridgehead atoms. The first-order valence-electron chi connectivity index (χ1n) is 13.6. The zero-order valence-corrected chi connectivity index (χ0v) is 24.6. The lowest BCUT2D eigenvalue weighted by molar-refractivity contribution is -0.308. The van der Waals surface area contributed by atoms with Gasteiger partial charge < -0.3 is 33.2 Å². The lowest BCUT2D eigenvalue weighted by atomic mass is 9.51. The fourth-order valence-corrected chi connectivity index (χ4v) is 8.15. The van der Waals surface area contributed by atoms with Crippen LogP contribution in [0.5, 0.6) is 0 Å². The van der Waals surface area contributed by atoms with Crippen LogP contribution >= 0.6 is 11.6 Å². The van der Waals surface area contributed by atoms with Crippen molar-refractivity contribution in [3.63, 3.8) is 0 Å². The van der Waals surface area contributed by atoms with Crippen LogP contribution in [0, 0.1) is 17.3 Å². The van der Waals surface area contributed by atoms with E-state index in [0.29, 0.717) is 12.8 Å². The van der Waals surface area contributed by atoms with E-state index in [1.807, 2.05) is 0 Å². The Kier molecular flexibility index (Phi) is 7.22. The standard InChI is InChI=1S/C28H35ClO12/c1-11-18(29)22-28(12(2)25(34)40-22)24(39-16(6)33)21-26(7,17(36-13(3)30)8-9-27(21)10-35-27)23(38-15(5)32)20(19(11)41-28)37-14(4)31/h12,17-24H,1,8-10H2,2-7H3/t12-,17-,18-,19-,20-,21+,22-,23-,24-,26-,27-,28-/m0/s1. The lowest BCUT2D eigenvalue weighted by Crippen LogP contribution is -2.77. The van der Waals surface area contributed by atoms with Crippen molar-refractivity contribution in [2.45, 2.75) is 108 Å². The Balaban J connectivity index is 1.86. The number of ether oxygens (including phenoxy) is 7. The number of esters is 5. The summed E-state index contributed by atoms with van der Waals surface area (Å²) < 4.78 is 42.4. The molecule has 0 aromatic rings. The molecule has 0 aromatic heterocycles. The highest BCUT2D eigenvalue weighted by atomic mass is 35.5. The van der Waals surface area contributed by atoms with E-state index in [1.54, 1.807) is 13.8 Å². The van der Waals surface area contributed by atoms with Crippen molar-refractivity contribution in [2.24, 2.45) is 17.3 Å². The van der Waals surface area contributed by atoms with E-state index in [-0.39, 0.29) is 12.2 Å². The molecule has 5 aliphatic rings. The predicted octanol–water partition coefficient (Wildman–Crippen LogP) is 1.77. The smallest absolute Gasteiger partial charge is 0.312 e. The SMILES string of the molecule is C=C1[C@H](Cl)[C@@H]2OC(=O)[C@H](C)[C@]23O[C@@H]1[C@H](OC(C)=O)[C@H](OC(C)=O)[C@@]1(C)[C@@H](OC(C)=O)CC[C@]2(CO2)[C@@H]1[C@@H]3OC(C)=O. The summed E-state index contributed by atoms with van der Waals surface area (Å²) in [5.41, 5.74) is -3.83. The van der Waals surface area contributed by atoms with Gasteiger partial charge in [0.2, 0.25) is 0 Å². The molecule has 1 aliphatic carbocycles. The summed E-state index contributed by atoms with van der Waals surface area (Å²) in [7, 11) is 0. The number of halogens is 1. The molecular weight excluding hydrogens is 564 g/mol. The van der Waals surface area contributed by atoms with E-state index in [2.05, 4.69) is 6.58 Å². The van der Waals surface area contributed by atoms with E-state index >= 15 is 0 Å². The van der Waals surface area contributed by atoms with Crippen LogP contribution in [0.2, 0.25) is 0 Å². The average molecular weight is 599 g/mol. The predicted molar refractivity (Wildman–Crippen MR) is 137 cm³/mol. The second kappa shape index (κ2) is 9.95. The minimum atomic E-state index is -1.69. The summed E-state index contributed by atoms with van der Waals surface area (Å²) in [6, 6.07) is 0. The Hall–Kier alpha value is -2.70. The van der Waals surface area contributed by atoms with E-state index in [1.165, 1.54) is 27.7 Å². The fraction of sp³-hybridized carbons (Fsp3) is 0.750. The van der Waals surface area contributed by atoms with Gasteiger partial charge in [0.15, 0.2) is 23.9 Å². The molecule has 0 N–H and O–H groups in total. The van der Waals surface area contributed by atoms with Crippen molar-refractivity contribution in [3.05, 3.63) is 12.2 Å². The summed E-state index contributed by atoms with van der Waals surface area (Å²) in [6.45, 7) is 12.5. The number of hydrogen-bond donors (Lipinski definition) is 0. The van der Waals surface area contributed by atoms with Gasteiger partial charge >= 0.3 is 29.8 Å². The van der Waals surface area contributed by atoms with E-state index in [0.717, 1.165) is 0 Å². The molecule has 2 spiro atoms. The molecule has 4 aliphatic heterocycles. The van der Waals surface area contributed by atoms with Crippen molar-refractivity contribution in [3.8, 4) is 0 Å². The second-order valence-corrected chi connectivity index (χ2v) is 12.4. The van der Waals surface area contributed by atoms with Crippen molar-refractivity contribution in [2.75, 3.05) is 6.61 Å². The van der Waals surface area contributed by atoms with Crippen LogP contribution in [0.1, 0.15) is 54.4 Å². The van der Waals surface area contributed by atoms with E-state index in [4.69, 9.17) is 44.8 Å². The second-order valence-electron chi connectivity index (χ2n) is 11.9. The van der Waals surface area contributed by atoms with Gasteiger partial charge in [-0.2, -0.15) is 0 Å². The number of epoxide rings is 1. The fourth-order valence-electron chi connectivity index (χ4n) is 7.78. The number of hydrogen-bond acceptors (Lipinski definition) is 12. The molecule has 4 heterocycles. The quantitative estimate of drug-likeness (QED) is 0.152. The molecule has 12 nitrogen and oxygen atoms in total. The van der Waals surface area contributed by atoms with Crippen LogP contribution in [0.15, 0.2) is 12.2 Å². The molecule has 1 saturated carbocycles. The van der Waals surface area contributed by atoms with Crippen LogP contribution in [-0.4, -0.2) is 89.7 Å². The third-order valence-corrected chi connectivity index (χ3v) is 9.97. The highest BCUT2D eigenvalue weighted by Gasteiger charge is 2.80. The van der Waals surface area contributed by atoms with E-state index in [9.17, 15) is 24.0 Å². The zero-order chi connectivity index (χ0) is 30.2. The normalized spacial score (nSPS) is 46.2. The molecule has 0 aromatic carbocycles. The summed E-state index contributed by atoms with van der Waals surface area (Å²) in [6.07, 6.45) is -6.51. The maximum atomic E-state index is 13.2. The average Bonchev–Trinajstić information content (AvgIpc) is 3.58. The molecule has 0 unspecified atom stereocenters. The summed E-state index contributed by atoms with van der Waals surface area (Å²) in [5, 5.41) is -1.05. The molecule has 12 atom stereocenters. The maximum absolute atomic E-state index is 13.2. The molecule has 41 heavy (non-hydrogen) atoms. The molecule has 0 amide bonds. The molecule has 0 radical (unpaired) electrons. The van der Waals surface area contributed by atoms with Gasteiger partial charge in [0, 0.05) is 33.6 Å². The zero-order valence-electron chi connectivity index (χ0n) is 23.8. The van der Waals surface area contributed by atoms with Crippen LogP contribution in [-0.2, 0) is 57.1 Å². The number of alkyl halides is 1. The molecule has 5 rings (SSSR count). The maximum Gasteiger partial charge on any atom is 0.312 e. The summed E-state index contributed by atoms with van der Waals surface area (Å²) in [5.74, 6) is -5.25. The van der Waals surface area contributed by atoms with Crippen LogP contribution in [0.4, 0.5) is 0 Å². The van der Waals surface area contributed by atoms with Gasteiger partial charge in [-0.05, 0) is 25.3 Å². The van der Waals surface area contributed by atoms with Gasteiger partial charge in [-0.15, -0.1) is 11.6 Å². The van der Waals surface area contributed by atoms with Gasteiger partial charge in [0.1, 0.15) is 18.3 Å². The molecular formula is C28H35ClO12. The van der Waals surface area contributed by atoms with Gasteiger partial charge in [-0.1, -0.05) is 13.5 Å². The van der Waals surface area contributed by atoms with Crippen molar-refractivity contribution in [1.82, 2.24) is 0 Å². The minimum absolute atomic E-state index is 0.207. The van der Waals surface area contributed by atoms with Gasteiger partial charge in [0.25, 0.3) is 0 Å². The molecule has 226 valence electrons. The van der Waals surface area contributed by atoms with Gasteiger partial charge in [-0.3, -0.25) is 24.0 Å². The minimum Gasteiger partial charge on any atom is -0.462 e. The Morgan fingerprint density at radius 2 is 1.51 bits per heavy atom. The highest BCUT2D eigenvalue weighted by Crippen LogP contribution is 2.65. The van der Waals surface area contributed by atoms with Gasteiger partial charge in [0.05, 0.1) is 28.9 Å².